The minimum absolute atomic E-state index is 0.0184. The van der Waals surface area contributed by atoms with Gasteiger partial charge in [0.05, 0.1) is 35.7 Å². The van der Waals surface area contributed by atoms with Gasteiger partial charge in [-0.3, -0.25) is 4.79 Å². The quantitative estimate of drug-likeness (QED) is 0.939. The Bertz CT molecular complexity index is 680. The fourth-order valence-electron chi connectivity index (χ4n) is 3.03. The molecule has 1 aliphatic heterocycles. The van der Waals surface area contributed by atoms with E-state index < -0.39 is 5.60 Å². The number of hydrogen-bond donors (Lipinski definition) is 1. The number of hydrogen-bond acceptors (Lipinski definition) is 4. The third-order valence-corrected chi connectivity index (χ3v) is 3.80. The number of H-pyrrole nitrogens is 1. The highest BCUT2D eigenvalue weighted by Crippen LogP contribution is 2.24. The zero-order valence-corrected chi connectivity index (χ0v) is 13.1. The second-order valence-electron chi connectivity index (χ2n) is 6.24. The van der Waals surface area contributed by atoms with Crippen molar-refractivity contribution in [1.29, 1.82) is 0 Å². The highest BCUT2D eigenvalue weighted by molar-refractivity contribution is 6.04. The van der Waals surface area contributed by atoms with Crippen molar-refractivity contribution in [2.24, 2.45) is 0 Å². The summed E-state index contributed by atoms with van der Waals surface area (Å²) in [5.74, 6) is -0.0184. The van der Waals surface area contributed by atoms with E-state index in [9.17, 15) is 4.79 Å². The summed E-state index contributed by atoms with van der Waals surface area (Å²) in [6.45, 7) is 5.53. The summed E-state index contributed by atoms with van der Waals surface area (Å²) in [6, 6.07) is 5.60. The number of rotatable bonds is 3. The predicted octanol–water partition coefficient (Wildman–Crippen LogP) is 1.83. The molecule has 1 amide bonds. The van der Waals surface area contributed by atoms with E-state index in [1.807, 2.05) is 36.9 Å². The number of benzene rings is 1. The predicted molar refractivity (Wildman–Crippen MR) is 82.8 cm³/mol. The van der Waals surface area contributed by atoms with Gasteiger partial charge in [-0.2, -0.15) is 0 Å². The molecule has 1 aromatic heterocycles. The Kier molecular flexibility index (Phi) is 3.88. The van der Waals surface area contributed by atoms with E-state index in [1.54, 1.807) is 13.4 Å². The maximum Gasteiger partial charge on any atom is 0.256 e. The smallest absolute Gasteiger partial charge is 0.256 e. The lowest BCUT2D eigenvalue weighted by Gasteiger charge is -2.42. The van der Waals surface area contributed by atoms with Gasteiger partial charge in [0.2, 0.25) is 0 Å². The average Bonchev–Trinajstić information content (AvgIpc) is 2.93. The summed E-state index contributed by atoms with van der Waals surface area (Å²) >= 11 is 0. The van der Waals surface area contributed by atoms with Gasteiger partial charge in [0.1, 0.15) is 5.52 Å². The summed E-state index contributed by atoms with van der Waals surface area (Å²) in [5, 5.41) is 0. The molecular weight excluding hydrogens is 282 g/mol. The van der Waals surface area contributed by atoms with Gasteiger partial charge in [-0.15, -0.1) is 0 Å². The number of aromatic nitrogens is 2. The van der Waals surface area contributed by atoms with Crippen LogP contribution in [-0.4, -0.2) is 59.3 Å². The number of methoxy groups -OCH3 is 1. The number of carbonyl (C=O) groups is 1. The van der Waals surface area contributed by atoms with Crippen molar-refractivity contribution in [3.63, 3.8) is 0 Å². The van der Waals surface area contributed by atoms with Gasteiger partial charge in [-0.1, -0.05) is 6.07 Å². The van der Waals surface area contributed by atoms with Gasteiger partial charge in [0.25, 0.3) is 5.91 Å². The lowest BCUT2D eigenvalue weighted by molar-refractivity contribution is -0.143. The maximum absolute atomic E-state index is 12.9. The highest BCUT2D eigenvalue weighted by atomic mass is 16.5. The molecule has 1 fully saturated rings. The molecule has 1 unspecified atom stereocenters. The molecule has 1 aromatic carbocycles. The lowest BCUT2D eigenvalue weighted by atomic mass is 10.0. The topological polar surface area (TPSA) is 67.5 Å². The Balaban J connectivity index is 1.89. The first-order chi connectivity index (χ1) is 10.5. The standard InChI is InChI=1S/C16H21N3O3/c1-16(2)9-19(7-11(22-16)8-21-3)15(20)12-5-4-6-13-14(12)18-10-17-13/h4-6,10-11H,7-9H2,1-3H3,(H,17,18). The fraction of sp³-hybridized carbons (Fsp3) is 0.500. The van der Waals surface area contributed by atoms with Gasteiger partial charge >= 0.3 is 0 Å². The SMILES string of the molecule is COCC1CN(C(=O)c2cccc3[nH]cnc23)CC(C)(C)O1. The molecule has 2 aromatic rings. The Morgan fingerprint density at radius 3 is 3.14 bits per heavy atom. The first-order valence-electron chi connectivity index (χ1n) is 7.38. The first-order valence-corrected chi connectivity index (χ1v) is 7.38. The highest BCUT2D eigenvalue weighted by Gasteiger charge is 2.36. The van der Waals surface area contributed by atoms with Crippen molar-refractivity contribution in [3.05, 3.63) is 30.1 Å². The van der Waals surface area contributed by atoms with Crippen LogP contribution in [0.1, 0.15) is 24.2 Å². The Morgan fingerprint density at radius 2 is 2.36 bits per heavy atom. The van der Waals surface area contributed by atoms with Crippen molar-refractivity contribution in [1.82, 2.24) is 14.9 Å². The third-order valence-electron chi connectivity index (χ3n) is 3.80. The molecule has 0 spiro atoms. The number of fused-ring (bicyclic) bond motifs is 1. The normalized spacial score (nSPS) is 21.2. The summed E-state index contributed by atoms with van der Waals surface area (Å²) < 4.78 is 11.1. The van der Waals surface area contributed by atoms with Gasteiger partial charge < -0.3 is 19.4 Å². The number of aromatic amines is 1. The summed E-state index contributed by atoms with van der Waals surface area (Å²) in [7, 11) is 1.64. The van der Waals surface area contributed by atoms with E-state index in [0.717, 1.165) is 5.52 Å². The molecule has 0 radical (unpaired) electrons. The van der Waals surface area contributed by atoms with Crippen molar-refractivity contribution in [2.45, 2.75) is 25.6 Å². The Hall–Kier alpha value is -1.92. The zero-order valence-electron chi connectivity index (χ0n) is 13.1. The third kappa shape index (κ3) is 2.84. The molecular formula is C16H21N3O3. The van der Waals surface area contributed by atoms with Crippen molar-refractivity contribution in [2.75, 3.05) is 26.8 Å². The molecule has 3 rings (SSSR count). The van der Waals surface area contributed by atoms with Crippen LogP contribution in [0.3, 0.4) is 0 Å². The van der Waals surface area contributed by atoms with E-state index in [1.165, 1.54) is 0 Å². The number of para-hydroxylation sites is 1. The number of ether oxygens (including phenoxy) is 2. The van der Waals surface area contributed by atoms with Crippen molar-refractivity contribution < 1.29 is 14.3 Å². The van der Waals surface area contributed by atoms with Crippen LogP contribution < -0.4 is 0 Å². The van der Waals surface area contributed by atoms with E-state index in [2.05, 4.69) is 9.97 Å². The van der Waals surface area contributed by atoms with E-state index >= 15 is 0 Å². The number of imidazole rings is 1. The molecule has 2 heterocycles. The number of amides is 1. The van der Waals surface area contributed by atoms with Crippen LogP contribution >= 0.6 is 0 Å². The van der Waals surface area contributed by atoms with Crippen LogP contribution in [0.2, 0.25) is 0 Å². The van der Waals surface area contributed by atoms with E-state index in [-0.39, 0.29) is 12.0 Å². The van der Waals surface area contributed by atoms with Crippen molar-refractivity contribution >= 4 is 16.9 Å². The summed E-state index contributed by atoms with van der Waals surface area (Å²) in [4.78, 5) is 22.1. The minimum atomic E-state index is -0.392. The molecule has 118 valence electrons. The fourth-order valence-corrected chi connectivity index (χ4v) is 3.03. The van der Waals surface area contributed by atoms with Gasteiger partial charge in [-0.25, -0.2) is 4.98 Å². The monoisotopic (exact) mass is 303 g/mol. The number of carbonyl (C=O) groups excluding carboxylic acids is 1. The van der Waals surface area contributed by atoms with Crippen LogP contribution in [0.15, 0.2) is 24.5 Å². The first kappa shape index (κ1) is 15.0. The second kappa shape index (κ2) is 5.70. The molecule has 0 aliphatic carbocycles. The molecule has 22 heavy (non-hydrogen) atoms. The lowest BCUT2D eigenvalue weighted by Crippen LogP contribution is -2.55. The number of nitrogens with zero attached hydrogens (tertiary/aromatic N) is 2. The van der Waals surface area contributed by atoms with Crippen LogP contribution in [-0.2, 0) is 9.47 Å². The van der Waals surface area contributed by atoms with Crippen molar-refractivity contribution in [3.8, 4) is 0 Å². The molecule has 1 saturated heterocycles. The van der Waals surface area contributed by atoms with Gasteiger partial charge in [0.15, 0.2) is 0 Å². The van der Waals surface area contributed by atoms with Crippen LogP contribution in [0.5, 0.6) is 0 Å². The molecule has 1 atom stereocenters. The van der Waals surface area contributed by atoms with Crippen LogP contribution in [0, 0.1) is 0 Å². The molecule has 0 saturated carbocycles. The largest absolute Gasteiger partial charge is 0.382 e. The molecule has 6 heteroatoms. The molecule has 1 aliphatic rings. The molecule has 1 N–H and O–H groups in total. The maximum atomic E-state index is 12.9. The van der Waals surface area contributed by atoms with Gasteiger partial charge in [-0.05, 0) is 26.0 Å². The Labute approximate surface area is 129 Å². The van der Waals surface area contributed by atoms with E-state index in [4.69, 9.17) is 9.47 Å². The summed E-state index contributed by atoms with van der Waals surface area (Å²) in [5.41, 5.74) is 1.80. The number of morpholine rings is 1. The molecule has 0 bridgehead atoms. The van der Waals surface area contributed by atoms with E-state index in [0.29, 0.717) is 30.8 Å². The molecule has 6 nitrogen and oxygen atoms in total. The average molecular weight is 303 g/mol. The minimum Gasteiger partial charge on any atom is -0.382 e. The second-order valence-corrected chi connectivity index (χ2v) is 6.24. The number of nitrogens with one attached hydrogen (secondary N) is 1. The van der Waals surface area contributed by atoms with Gasteiger partial charge in [0, 0.05) is 20.2 Å². The van der Waals surface area contributed by atoms with Crippen LogP contribution in [0.4, 0.5) is 0 Å². The van der Waals surface area contributed by atoms with Crippen LogP contribution in [0.25, 0.3) is 11.0 Å². The zero-order chi connectivity index (χ0) is 15.7. The summed E-state index contributed by atoms with van der Waals surface area (Å²) in [6.07, 6.45) is 1.49. The Morgan fingerprint density at radius 1 is 1.55 bits per heavy atom.